The summed E-state index contributed by atoms with van der Waals surface area (Å²) >= 11 is 5.97. The van der Waals surface area contributed by atoms with Crippen molar-refractivity contribution in [3.8, 4) is 5.75 Å². The Morgan fingerprint density at radius 2 is 1.91 bits per heavy atom. The standard InChI is InChI=1S/C21H24ClF3N2O4S/c1-15-5-3-6-17(13-15)31-12-10-26-20(28)7-4-11-27(32(2,29)30)19-14-16(21(23,24)25)8-9-18(19)22/h3,5-6,8-9,13-14H,4,7,10-12H2,1-2H3,(H,26,28). The quantitative estimate of drug-likeness (QED) is 0.498. The molecule has 0 radical (unpaired) electrons. The number of carbonyl (C=O) groups is 1. The number of hydrogen-bond acceptors (Lipinski definition) is 4. The van der Waals surface area contributed by atoms with Crippen molar-refractivity contribution in [2.75, 3.05) is 30.3 Å². The van der Waals surface area contributed by atoms with E-state index in [1.807, 2.05) is 25.1 Å². The minimum atomic E-state index is -4.65. The minimum absolute atomic E-state index is 0.0208. The summed E-state index contributed by atoms with van der Waals surface area (Å²) in [6.07, 6.45) is -3.72. The zero-order valence-corrected chi connectivity index (χ0v) is 19.1. The third kappa shape index (κ3) is 7.90. The molecule has 0 aromatic heterocycles. The molecule has 0 fully saturated rings. The summed E-state index contributed by atoms with van der Waals surface area (Å²) < 4.78 is 69.7. The van der Waals surface area contributed by atoms with Gasteiger partial charge >= 0.3 is 6.18 Å². The van der Waals surface area contributed by atoms with Crippen molar-refractivity contribution in [2.24, 2.45) is 0 Å². The Hall–Kier alpha value is -2.46. The third-order valence-electron chi connectivity index (χ3n) is 4.39. The first-order valence-electron chi connectivity index (χ1n) is 9.68. The zero-order chi connectivity index (χ0) is 23.9. The lowest BCUT2D eigenvalue weighted by Gasteiger charge is -2.24. The van der Waals surface area contributed by atoms with E-state index < -0.39 is 21.8 Å². The van der Waals surface area contributed by atoms with E-state index in [1.54, 1.807) is 6.07 Å². The van der Waals surface area contributed by atoms with Crippen LogP contribution in [0, 0.1) is 6.92 Å². The normalized spacial score (nSPS) is 11.8. The van der Waals surface area contributed by atoms with Crippen LogP contribution in [0.1, 0.15) is 24.0 Å². The molecule has 2 rings (SSSR count). The minimum Gasteiger partial charge on any atom is -0.492 e. The van der Waals surface area contributed by atoms with Gasteiger partial charge in [-0.05, 0) is 49.2 Å². The highest BCUT2D eigenvalue weighted by molar-refractivity contribution is 7.92. The zero-order valence-electron chi connectivity index (χ0n) is 17.6. The van der Waals surface area contributed by atoms with Gasteiger partial charge in [-0.1, -0.05) is 23.7 Å². The van der Waals surface area contributed by atoms with Gasteiger partial charge in [0.15, 0.2) is 0 Å². The molecular weight excluding hydrogens is 469 g/mol. The van der Waals surface area contributed by atoms with E-state index >= 15 is 0 Å². The molecule has 0 aliphatic rings. The molecule has 0 atom stereocenters. The molecule has 0 heterocycles. The number of halogens is 4. The number of benzene rings is 2. The number of ether oxygens (including phenoxy) is 1. The van der Waals surface area contributed by atoms with E-state index in [0.717, 1.165) is 28.3 Å². The van der Waals surface area contributed by atoms with Gasteiger partial charge in [-0.3, -0.25) is 9.10 Å². The molecule has 0 unspecified atom stereocenters. The van der Waals surface area contributed by atoms with E-state index in [9.17, 15) is 26.4 Å². The van der Waals surface area contributed by atoms with Crippen LogP contribution in [0.2, 0.25) is 5.02 Å². The molecule has 11 heteroatoms. The number of nitrogens with one attached hydrogen (secondary N) is 1. The highest BCUT2D eigenvalue weighted by atomic mass is 35.5. The van der Waals surface area contributed by atoms with Gasteiger partial charge in [-0.25, -0.2) is 8.42 Å². The Kier molecular flexibility index (Phi) is 8.80. The van der Waals surface area contributed by atoms with Gasteiger partial charge < -0.3 is 10.1 Å². The van der Waals surface area contributed by atoms with Crippen LogP contribution < -0.4 is 14.4 Å². The molecule has 1 amide bonds. The van der Waals surface area contributed by atoms with Crippen molar-refractivity contribution in [1.82, 2.24) is 5.32 Å². The molecule has 0 saturated carbocycles. The maximum absolute atomic E-state index is 13.0. The predicted octanol–water partition coefficient (Wildman–Crippen LogP) is 4.41. The number of alkyl halides is 3. The van der Waals surface area contributed by atoms with E-state index in [0.29, 0.717) is 11.8 Å². The van der Waals surface area contributed by atoms with Crippen molar-refractivity contribution < 1.29 is 31.1 Å². The van der Waals surface area contributed by atoms with Crippen molar-refractivity contribution in [1.29, 1.82) is 0 Å². The summed E-state index contributed by atoms with van der Waals surface area (Å²) in [5, 5.41) is 2.52. The molecule has 2 aromatic rings. The maximum atomic E-state index is 13.0. The lowest BCUT2D eigenvalue weighted by atomic mass is 10.2. The molecule has 0 aliphatic carbocycles. The molecule has 0 saturated heterocycles. The van der Waals surface area contributed by atoms with E-state index in [1.165, 1.54) is 0 Å². The summed E-state index contributed by atoms with van der Waals surface area (Å²) in [5.41, 5.74) is -0.254. The number of aryl methyl sites for hydroxylation is 1. The van der Waals surface area contributed by atoms with Gasteiger partial charge in [0, 0.05) is 13.0 Å². The van der Waals surface area contributed by atoms with Crippen molar-refractivity contribution in [2.45, 2.75) is 25.9 Å². The Labute approximate surface area is 190 Å². The smallest absolute Gasteiger partial charge is 0.416 e. The molecule has 2 aromatic carbocycles. The van der Waals surface area contributed by atoms with Crippen LogP contribution in [-0.4, -0.2) is 40.3 Å². The highest BCUT2D eigenvalue weighted by Gasteiger charge is 2.32. The number of amides is 1. The predicted molar refractivity (Wildman–Crippen MR) is 118 cm³/mol. The fourth-order valence-corrected chi connectivity index (χ4v) is 4.12. The van der Waals surface area contributed by atoms with E-state index in [2.05, 4.69) is 5.32 Å². The molecule has 6 nitrogen and oxygen atoms in total. The maximum Gasteiger partial charge on any atom is 0.416 e. The lowest BCUT2D eigenvalue weighted by molar-refractivity contribution is -0.137. The monoisotopic (exact) mass is 492 g/mol. The van der Waals surface area contributed by atoms with Gasteiger partial charge in [-0.2, -0.15) is 13.2 Å². The summed E-state index contributed by atoms with van der Waals surface area (Å²) in [5.74, 6) is 0.349. The second-order valence-electron chi connectivity index (χ2n) is 7.12. The van der Waals surface area contributed by atoms with Crippen LogP contribution in [-0.2, 0) is 21.0 Å². The number of carbonyl (C=O) groups excluding carboxylic acids is 1. The Morgan fingerprint density at radius 1 is 1.19 bits per heavy atom. The molecule has 0 aliphatic heterocycles. The molecule has 0 spiro atoms. The second kappa shape index (κ2) is 10.9. The van der Waals surface area contributed by atoms with Crippen molar-refractivity contribution in [3.63, 3.8) is 0 Å². The number of anilines is 1. The fourth-order valence-electron chi connectivity index (χ4n) is 2.88. The topological polar surface area (TPSA) is 75.7 Å². The van der Waals surface area contributed by atoms with Crippen LogP contribution >= 0.6 is 11.6 Å². The third-order valence-corrected chi connectivity index (χ3v) is 5.89. The van der Waals surface area contributed by atoms with Gasteiger partial charge in [0.25, 0.3) is 0 Å². The van der Waals surface area contributed by atoms with Crippen LogP contribution in [0.5, 0.6) is 5.75 Å². The van der Waals surface area contributed by atoms with Crippen molar-refractivity contribution in [3.05, 3.63) is 58.6 Å². The molecule has 0 bridgehead atoms. The largest absolute Gasteiger partial charge is 0.492 e. The molecule has 176 valence electrons. The first-order chi connectivity index (χ1) is 14.9. The first kappa shape index (κ1) is 25.8. The fraction of sp³-hybridized carbons (Fsp3) is 0.381. The average molecular weight is 493 g/mol. The van der Waals surface area contributed by atoms with Crippen LogP contribution in [0.4, 0.5) is 18.9 Å². The molecule has 1 N–H and O–H groups in total. The van der Waals surface area contributed by atoms with Gasteiger partial charge in [0.05, 0.1) is 29.1 Å². The molecule has 32 heavy (non-hydrogen) atoms. The highest BCUT2D eigenvalue weighted by Crippen LogP contribution is 2.36. The molecular formula is C21H24ClF3N2O4S. The van der Waals surface area contributed by atoms with Gasteiger partial charge in [0.2, 0.25) is 15.9 Å². The second-order valence-corrected chi connectivity index (χ2v) is 9.43. The SMILES string of the molecule is Cc1cccc(OCCNC(=O)CCCN(c2cc(C(F)(F)F)ccc2Cl)S(C)(=O)=O)c1. The van der Waals surface area contributed by atoms with Crippen LogP contribution in [0.25, 0.3) is 0 Å². The van der Waals surface area contributed by atoms with E-state index in [-0.39, 0.29) is 49.2 Å². The van der Waals surface area contributed by atoms with Gasteiger partial charge in [0.1, 0.15) is 12.4 Å². The summed E-state index contributed by atoms with van der Waals surface area (Å²) in [4.78, 5) is 12.0. The summed E-state index contributed by atoms with van der Waals surface area (Å²) in [7, 11) is -3.93. The number of rotatable bonds is 10. The van der Waals surface area contributed by atoms with E-state index in [4.69, 9.17) is 16.3 Å². The Morgan fingerprint density at radius 3 is 2.53 bits per heavy atom. The Bertz CT molecular complexity index is 1050. The summed E-state index contributed by atoms with van der Waals surface area (Å²) in [6, 6.07) is 9.91. The number of hydrogen-bond donors (Lipinski definition) is 1. The first-order valence-corrected chi connectivity index (χ1v) is 11.9. The number of sulfonamides is 1. The van der Waals surface area contributed by atoms with Crippen LogP contribution in [0.3, 0.4) is 0 Å². The van der Waals surface area contributed by atoms with Gasteiger partial charge in [-0.15, -0.1) is 0 Å². The lowest BCUT2D eigenvalue weighted by Crippen LogP contribution is -2.33. The average Bonchev–Trinajstić information content (AvgIpc) is 2.68. The Balaban J connectivity index is 1.90. The van der Waals surface area contributed by atoms with Crippen LogP contribution in [0.15, 0.2) is 42.5 Å². The summed E-state index contributed by atoms with van der Waals surface area (Å²) in [6.45, 7) is 2.24. The van der Waals surface area contributed by atoms with Crippen molar-refractivity contribution >= 4 is 33.2 Å². The number of nitrogens with zero attached hydrogens (tertiary/aromatic N) is 1.